The second-order valence-electron chi connectivity index (χ2n) is 4.25. The Morgan fingerprint density at radius 1 is 1.42 bits per heavy atom. The molecule has 0 spiro atoms. The number of anilines is 1. The van der Waals surface area contributed by atoms with Crippen molar-refractivity contribution in [1.29, 1.82) is 0 Å². The highest BCUT2D eigenvalue weighted by molar-refractivity contribution is 7.89. The number of aryl methyl sites for hydroxylation is 1. The van der Waals surface area contributed by atoms with Crippen molar-refractivity contribution in [2.24, 2.45) is 0 Å². The first-order valence-electron chi connectivity index (χ1n) is 5.68. The van der Waals surface area contributed by atoms with Crippen LogP contribution in [0.1, 0.15) is 23.5 Å². The summed E-state index contributed by atoms with van der Waals surface area (Å²) in [5.74, 6) is 0. The van der Waals surface area contributed by atoms with E-state index in [0.717, 1.165) is 5.56 Å². The van der Waals surface area contributed by atoms with Crippen molar-refractivity contribution < 1.29 is 8.42 Å². The Kier molecular flexibility index (Phi) is 3.88. The second-order valence-corrected chi connectivity index (χ2v) is 6.86. The van der Waals surface area contributed by atoms with Gasteiger partial charge in [-0.15, -0.1) is 11.3 Å². The SMILES string of the molecule is Cc1ccc(S(=O)(=O)NC(C)c2nccs2)c(N)c1. The lowest BCUT2D eigenvalue weighted by atomic mass is 10.2. The predicted octanol–water partition coefficient (Wildman–Crippen LogP) is 2.07. The van der Waals surface area contributed by atoms with Gasteiger partial charge in [0.2, 0.25) is 10.0 Å². The molecule has 0 saturated carbocycles. The number of nitrogens with one attached hydrogen (secondary N) is 1. The zero-order chi connectivity index (χ0) is 14.0. The Bertz CT molecular complexity index is 666. The van der Waals surface area contributed by atoms with Crippen LogP contribution >= 0.6 is 11.3 Å². The molecule has 0 bridgehead atoms. The van der Waals surface area contributed by atoms with Gasteiger partial charge in [-0.3, -0.25) is 0 Å². The first kappa shape index (κ1) is 14.0. The molecule has 3 N–H and O–H groups in total. The maximum atomic E-state index is 12.3. The van der Waals surface area contributed by atoms with E-state index in [4.69, 9.17) is 5.73 Å². The molecular formula is C12H15N3O2S2. The minimum Gasteiger partial charge on any atom is -0.398 e. The van der Waals surface area contributed by atoms with Gasteiger partial charge in [-0.05, 0) is 31.5 Å². The third-order valence-electron chi connectivity index (χ3n) is 2.61. The summed E-state index contributed by atoms with van der Waals surface area (Å²) in [6, 6.07) is 4.49. The highest BCUT2D eigenvalue weighted by atomic mass is 32.2. The van der Waals surface area contributed by atoms with E-state index in [9.17, 15) is 8.42 Å². The minimum absolute atomic E-state index is 0.0986. The van der Waals surface area contributed by atoms with Gasteiger partial charge >= 0.3 is 0 Å². The molecule has 2 rings (SSSR count). The molecule has 0 saturated heterocycles. The van der Waals surface area contributed by atoms with Gasteiger partial charge < -0.3 is 5.73 Å². The number of rotatable bonds is 4. The standard InChI is InChI=1S/C12H15N3O2S2/c1-8-3-4-11(10(13)7-8)19(16,17)15-9(2)12-14-5-6-18-12/h3-7,9,15H,13H2,1-2H3. The first-order chi connectivity index (χ1) is 8.90. The average Bonchev–Trinajstić information content (AvgIpc) is 2.80. The maximum Gasteiger partial charge on any atom is 0.243 e. The molecule has 19 heavy (non-hydrogen) atoms. The first-order valence-corrected chi connectivity index (χ1v) is 8.04. The smallest absolute Gasteiger partial charge is 0.243 e. The molecule has 0 fully saturated rings. The predicted molar refractivity (Wildman–Crippen MR) is 76.4 cm³/mol. The van der Waals surface area contributed by atoms with E-state index in [1.165, 1.54) is 17.4 Å². The third kappa shape index (κ3) is 3.12. The number of nitrogens with zero attached hydrogens (tertiary/aromatic N) is 1. The topological polar surface area (TPSA) is 85.1 Å². The fourth-order valence-corrected chi connectivity index (χ4v) is 3.75. The van der Waals surface area contributed by atoms with E-state index < -0.39 is 10.0 Å². The van der Waals surface area contributed by atoms with Gasteiger partial charge in [0.25, 0.3) is 0 Å². The molecule has 0 aliphatic carbocycles. The molecule has 0 aliphatic rings. The molecule has 1 atom stereocenters. The van der Waals surface area contributed by atoms with Crippen LogP contribution in [0.3, 0.4) is 0 Å². The Hall–Kier alpha value is -1.44. The van der Waals surface area contributed by atoms with Crippen LogP contribution in [-0.4, -0.2) is 13.4 Å². The Labute approximate surface area is 116 Å². The van der Waals surface area contributed by atoms with E-state index in [0.29, 0.717) is 5.01 Å². The van der Waals surface area contributed by atoms with Gasteiger partial charge in [0.05, 0.1) is 11.7 Å². The maximum absolute atomic E-state index is 12.3. The zero-order valence-electron chi connectivity index (χ0n) is 10.6. The zero-order valence-corrected chi connectivity index (χ0v) is 12.3. The summed E-state index contributed by atoms with van der Waals surface area (Å²) in [5, 5.41) is 2.52. The Morgan fingerprint density at radius 2 is 2.16 bits per heavy atom. The average molecular weight is 297 g/mol. The van der Waals surface area contributed by atoms with Crippen molar-refractivity contribution in [3.63, 3.8) is 0 Å². The summed E-state index contributed by atoms with van der Waals surface area (Å²) in [6.07, 6.45) is 1.64. The van der Waals surface area contributed by atoms with Crippen molar-refractivity contribution >= 4 is 27.0 Å². The molecule has 1 heterocycles. The summed E-state index contributed by atoms with van der Waals surface area (Å²) in [6.45, 7) is 3.61. The number of benzene rings is 1. The van der Waals surface area contributed by atoms with Crippen molar-refractivity contribution in [3.05, 3.63) is 40.3 Å². The van der Waals surface area contributed by atoms with Crippen molar-refractivity contribution in [2.75, 3.05) is 5.73 Å². The number of nitrogens with two attached hydrogens (primary N) is 1. The molecular weight excluding hydrogens is 282 g/mol. The highest BCUT2D eigenvalue weighted by Crippen LogP contribution is 2.23. The van der Waals surface area contributed by atoms with E-state index in [1.807, 2.05) is 6.92 Å². The van der Waals surface area contributed by atoms with Crippen LogP contribution in [0.25, 0.3) is 0 Å². The molecule has 102 valence electrons. The summed E-state index contributed by atoms with van der Waals surface area (Å²) in [4.78, 5) is 4.19. The Morgan fingerprint density at radius 3 is 2.74 bits per heavy atom. The largest absolute Gasteiger partial charge is 0.398 e. The molecule has 7 heteroatoms. The lowest BCUT2D eigenvalue weighted by Gasteiger charge is -2.13. The van der Waals surface area contributed by atoms with Gasteiger partial charge in [-0.25, -0.2) is 18.1 Å². The summed E-state index contributed by atoms with van der Waals surface area (Å²) < 4.78 is 27.1. The summed E-state index contributed by atoms with van der Waals surface area (Å²) >= 11 is 1.40. The molecule has 2 aromatic rings. The molecule has 1 aromatic heterocycles. The normalized spacial score (nSPS) is 13.4. The highest BCUT2D eigenvalue weighted by Gasteiger charge is 2.21. The summed E-state index contributed by atoms with van der Waals surface area (Å²) in [5.41, 5.74) is 6.94. The van der Waals surface area contributed by atoms with E-state index in [-0.39, 0.29) is 16.6 Å². The molecule has 0 aliphatic heterocycles. The second kappa shape index (κ2) is 5.28. The lowest BCUT2D eigenvalue weighted by Crippen LogP contribution is -2.27. The third-order valence-corrected chi connectivity index (χ3v) is 5.18. The van der Waals surface area contributed by atoms with Crippen molar-refractivity contribution in [2.45, 2.75) is 24.8 Å². The van der Waals surface area contributed by atoms with Crippen LogP contribution in [0.5, 0.6) is 0 Å². The minimum atomic E-state index is -3.64. The van der Waals surface area contributed by atoms with Gasteiger partial charge in [-0.1, -0.05) is 6.07 Å². The number of sulfonamides is 1. The fraction of sp³-hybridized carbons (Fsp3) is 0.250. The quantitative estimate of drug-likeness (QED) is 0.846. The van der Waals surface area contributed by atoms with E-state index in [1.54, 1.807) is 30.6 Å². The lowest BCUT2D eigenvalue weighted by molar-refractivity contribution is 0.567. The summed E-state index contributed by atoms with van der Waals surface area (Å²) in [7, 11) is -3.64. The van der Waals surface area contributed by atoms with Crippen molar-refractivity contribution in [3.8, 4) is 0 Å². The van der Waals surface area contributed by atoms with Crippen molar-refractivity contribution in [1.82, 2.24) is 9.71 Å². The van der Waals surface area contributed by atoms with Crippen LogP contribution in [-0.2, 0) is 10.0 Å². The Balaban J connectivity index is 2.28. The number of aromatic nitrogens is 1. The van der Waals surface area contributed by atoms with Gasteiger partial charge in [0.15, 0.2) is 0 Å². The van der Waals surface area contributed by atoms with Gasteiger partial charge in [-0.2, -0.15) is 0 Å². The fourth-order valence-electron chi connectivity index (χ4n) is 1.71. The van der Waals surface area contributed by atoms with Crippen LogP contribution in [0, 0.1) is 6.92 Å². The van der Waals surface area contributed by atoms with Crippen LogP contribution in [0.15, 0.2) is 34.7 Å². The van der Waals surface area contributed by atoms with Crippen LogP contribution < -0.4 is 10.5 Å². The number of hydrogen-bond donors (Lipinski definition) is 2. The van der Waals surface area contributed by atoms with Crippen LogP contribution in [0.2, 0.25) is 0 Å². The van der Waals surface area contributed by atoms with Gasteiger partial charge in [0, 0.05) is 11.6 Å². The van der Waals surface area contributed by atoms with E-state index >= 15 is 0 Å². The molecule has 5 nitrogen and oxygen atoms in total. The molecule has 1 aromatic carbocycles. The molecule has 0 amide bonds. The van der Waals surface area contributed by atoms with E-state index in [2.05, 4.69) is 9.71 Å². The van der Waals surface area contributed by atoms with Crippen LogP contribution in [0.4, 0.5) is 5.69 Å². The number of hydrogen-bond acceptors (Lipinski definition) is 5. The number of thiazole rings is 1. The van der Waals surface area contributed by atoms with Gasteiger partial charge in [0.1, 0.15) is 9.90 Å². The number of nitrogen functional groups attached to an aromatic ring is 1. The monoisotopic (exact) mass is 297 g/mol. The molecule has 0 radical (unpaired) electrons. The molecule has 1 unspecified atom stereocenters.